The van der Waals surface area contributed by atoms with E-state index >= 15 is 0 Å². The van der Waals surface area contributed by atoms with E-state index in [1.54, 1.807) is 14.2 Å². The number of aryl methyl sites for hydroxylation is 1. The normalized spacial score (nSPS) is 18.0. The van der Waals surface area contributed by atoms with Gasteiger partial charge in [-0.1, -0.05) is 18.1 Å². The highest BCUT2D eigenvalue weighted by atomic mass is 16.5. The molecular formula is C19H26N2O3. The number of benzene rings is 1. The van der Waals surface area contributed by atoms with E-state index in [-0.39, 0.29) is 0 Å². The van der Waals surface area contributed by atoms with E-state index in [0.717, 1.165) is 55.3 Å². The van der Waals surface area contributed by atoms with Gasteiger partial charge in [-0.05, 0) is 31.9 Å². The molecule has 1 aliphatic heterocycles. The molecule has 3 rings (SSSR count). The van der Waals surface area contributed by atoms with Crippen molar-refractivity contribution in [2.75, 3.05) is 20.8 Å². The van der Waals surface area contributed by atoms with Gasteiger partial charge in [0, 0.05) is 30.7 Å². The molecule has 1 aliphatic rings. The molecule has 0 saturated carbocycles. The number of ether oxygens (including phenoxy) is 2. The summed E-state index contributed by atoms with van der Waals surface area (Å²) >= 11 is 0. The summed E-state index contributed by atoms with van der Waals surface area (Å²) in [4.78, 5) is 2.46. The van der Waals surface area contributed by atoms with Gasteiger partial charge in [-0.15, -0.1) is 0 Å². The molecule has 1 aromatic carbocycles. The van der Waals surface area contributed by atoms with Crippen molar-refractivity contribution in [1.29, 1.82) is 0 Å². The molecule has 0 spiro atoms. The average Bonchev–Trinajstić information content (AvgIpc) is 3.24. The molecule has 0 N–H and O–H groups in total. The molecule has 1 fully saturated rings. The van der Waals surface area contributed by atoms with Crippen LogP contribution in [-0.4, -0.2) is 30.8 Å². The van der Waals surface area contributed by atoms with Gasteiger partial charge in [-0.25, -0.2) is 0 Å². The molecule has 24 heavy (non-hydrogen) atoms. The van der Waals surface area contributed by atoms with Gasteiger partial charge in [0.1, 0.15) is 23.0 Å². The molecule has 0 radical (unpaired) electrons. The van der Waals surface area contributed by atoms with E-state index in [1.165, 1.54) is 12.0 Å². The Labute approximate surface area is 143 Å². The van der Waals surface area contributed by atoms with Crippen molar-refractivity contribution in [3.05, 3.63) is 41.3 Å². The van der Waals surface area contributed by atoms with Crippen LogP contribution in [0.25, 0.3) is 0 Å². The first-order valence-corrected chi connectivity index (χ1v) is 8.65. The van der Waals surface area contributed by atoms with Crippen molar-refractivity contribution >= 4 is 0 Å². The SMILES string of the molecule is CCCc1cc(C2CCCN2Cc2ccc(OC)cc2OC)no1. The highest BCUT2D eigenvalue weighted by Gasteiger charge is 2.29. The summed E-state index contributed by atoms with van der Waals surface area (Å²) < 4.78 is 16.3. The summed E-state index contributed by atoms with van der Waals surface area (Å²) in [6, 6.07) is 8.45. The van der Waals surface area contributed by atoms with Crippen LogP contribution < -0.4 is 9.47 Å². The molecule has 0 aliphatic carbocycles. The molecule has 1 saturated heterocycles. The lowest BCUT2D eigenvalue weighted by Gasteiger charge is -2.23. The monoisotopic (exact) mass is 330 g/mol. The lowest BCUT2D eigenvalue weighted by atomic mass is 10.1. The summed E-state index contributed by atoms with van der Waals surface area (Å²) in [6.45, 7) is 4.06. The smallest absolute Gasteiger partial charge is 0.137 e. The van der Waals surface area contributed by atoms with E-state index in [9.17, 15) is 0 Å². The fraction of sp³-hybridized carbons (Fsp3) is 0.526. The molecule has 1 aromatic heterocycles. The van der Waals surface area contributed by atoms with E-state index in [4.69, 9.17) is 14.0 Å². The molecule has 2 aromatic rings. The van der Waals surface area contributed by atoms with Crippen LogP contribution >= 0.6 is 0 Å². The Morgan fingerprint density at radius 2 is 2.12 bits per heavy atom. The number of methoxy groups -OCH3 is 2. The number of nitrogens with zero attached hydrogens (tertiary/aromatic N) is 2. The van der Waals surface area contributed by atoms with E-state index in [2.05, 4.69) is 29.1 Å². The molecule has 1 atom stereocenters. The predicted molar refractivity (Wildman–Crippen MR) is 92.4 cm³/mol. The summed E-state index contributed by atoms with van der Waals surface area (Å²) in [6.07, 6.45) is 4.33. The van der Waals surface area contributed by atoms with Crippen molar-refractivity contribution in [1.82, 2.24) is 10.1 Å². The maximum atomic E-state index is 5.53. The summed E-state index contributed by atoms with van der Waals surface area (Å²) in [7, 11) is 3.37. The first-order valence-electron chi connectivity index (χ1n) is 8.65. The Kier molecular flexibility index (Phi) is 5.41. The van der Waals surface area contributed by atoms with Crippen molar-refractivity contribution in [2.24, 2.45) is 0 Å². The Hall–Kier alpha value is -2.01. The fourth-order valence-electron chi connectivity index (χ4n) is 3.40. The number of hydrogen-bond acceptors (Lipinski definition) is 5. The minimum absolute atomic E-state index is 0.325. The van der Waals surface area contributed by atoms with Crippen molar-refractivity contribution in [2.45, 2.75) is 45.2 Å². The van der Waals surface area contributed by atoms with Gasteiger partial charge in [0.05, 0.1) is 20.3 Å². The zero-order valence-corrected chi connectivity index (χ0v) is 14.7. The minimum atomic E-state index is 0.325. The van der Waals surface area contributed by atoms with Gasteiger partial charge >= 0.3 is 0 Å². The third-order valence-corrected chi connectivity index (χ3v) is 4.65. The molecule has 1 unspecified atom stereocenters. The molecule has 0 amide bonds. The Bertz CT molecular complexity index is 668. The quantitative estimate of drug-likeness (QED) is 0.768. The Balaban J connectivity index is 1.76. The van der Waals surface area contributed by atoms with Crippen LogP contribution in [0, 0.1) is 0 Å². The maximum absolute atomic E-state index is 5.53. The van der Waals surface area contributed by atoms with Gasteiger partial charge < -0.3 is 14.0 Å². The summed E-state index contributed by atoms with van der Waals surface area (Å²) in [5.41, 5.74) is 2.23. The first-order chi connectivity index (χ1) is 11.7. The van der Waals surface area contributed by atoms with Crippen LogP contribution in [0.2, 0.25) is 0 Å². The number of rotatable bonds is 7. The zero-order valence-electron chi connectivity index (χ0n) is 14.7. The van der Waals surface area contributed by atoms with Crippen molar-refractivity contribution in [3.8, 4) is 11.5 Å². The maximum Gasteiger partial charge on any atom is 0.137 e. The minimum Gasteiger partial charge on any atom is -0.497 e. The van der Waals surface area contributed by atoms with Crippen LogP contribution in [0.1, 0.15) is 49.2 Å². The number of hydrogen-bond donors (Lipinski definition) is 0. The number of likely N-dealkylation sites (tertiary alicyclic amines) is 1. The average molecular weight is 330 g/mol. The van der Waals surface area contributed by atoms with E-state index in [1.807, 2.05) is 12.1 Å². The van der Waals surface area contributed by atoms with E-state index < -0.39 is 0 Å². The first kappa shape index (κ1) is 16.8. The second kappa shape index (κ2) is 7.71. The molecule has 130 valence electrons. The lowest BCUT2D eigenvalue weighted by Crippen LogP contribution is -2.23. The van der Waals surface area contributed by atoms with Crippen LogP contribution in [0.15, 0.2) is 28.8 Å². The summed E-state index contributed by atoms with van der Waals surface area (Å²) in [5.74, 6) is 2.67. The molecule has 2 heterocycles. The third-order valence-electron chi connectivity index (χ3n) is 4.65. The second-order valence-corrected chi connectivity index (χ2v) is 6.27. The van der Waals surface area contributed by atoms with Crippen LogP contribution in [0.4, 0.5) is 0 Å². The van der Waals surface area contributed by atoms with Gasteiger partial charge in [0.2, 0.25) is 0 Å². The summed E-state index contributed by atoms with van der Waals surface area (Å²) in [5, 5.41) is 4.31. The largest absolute Gasteiger partial charge is 0.497 e. The lowest BCUT2D eigenvalue weighted by molar-refractivity contribution is 0.233. The number of aromatic nitrogens is 1. The molecule has 5 heteroatoms. The van der Waals surface area contributed by atoms with Gasteiger partial charge in [-0.3, -0.25) is 4.90 Å². The van der Waals surface area contributed by atoms with Crippen molar-refractivity contribution < 1.29 is 14.0 Å². The molecule has 5 nitrogen and oxygen atoms in total. The van der Waals surface area contributed by atoms with Gasteiger partial charge in [-0.2, -0.15) is 0 Å². The van der Waals surface area contributed by atoms with Crippen LogP contribution in [-0.2, 0) is 13.0 Å². The van der Waals surface area contributed by atoms with Crippen LogP contribution in [0.5, 0.6) is 11.5 Å². The van der Waals surface area contributed by atoms with Crippen LogP contribution in [0.3, 0.4) is 0 Å². The third kappa shape index (κ3) is 3.56. The van der Waals surface area contributed by atoms with Crippen molar-refractivity contribution in [3.63, 3.8) is 0 Å². The standard InChI is InChI=1S/C19H26N2O3/c1-4-6-16-11-17(20-24-16)18-7-5-10-21(18)13-14-8-9-15(22-2)12-19(14)23-3/h8-9,11-12,18H,4-7,10,13H2,1-3H3. The highest BCUT2D eigenvalue weighted by molar-refractivity contribution is 5.40. The Morgan fingerprint density at radius 3 is 2.88 bits per heavy atom. The van der Waals surface area contributed by atoms with E-state index in [0.29, 0.717) is 6.04 Å². The molecular weight excluding hydrogens is 304 g/mol. The topological polar surface area (TPSA) is 47.7 Å². The van der Waals surface area contributed by atoms with Gasteiger partial charge in [0.25, 0.3) is 0 Å². The molecule has 0 bridgehead atoms. The van der Waals surface area contributed by atoms with Gasteiger partial charge in [0.15, 0.2) is 0 Å². The second-order valence-electron chi connectivity index (χ2n) is 6.27. The highest BCUT2D eigenvalue weighted by Crippen LogP contribution is 2.35. The zero-order chi connectivity index (χ0) is 16.9. The predicted octanol–water partition coefficient (Wildman–Crippen LogP) is 3.98. The fourth-order valence-corrected chi connectivity index (χ4v) is 3.40. The Morgan fingerprint density at radius 1 is 1.25 bits per heavy atom.